The molecule has 0 bridgehead atoms. The normalized spacial score (nSPS) is 26.7. The Hall–Kier alpha value is -3.03. The summed E-state index contributed by atoms with van der Waals surface area (Å²) in [5.41, 5.74) is 0.994. The number of carbonyl (C=O) groups is 3. The van der Waals surface area contributed by atoms with Crippen molar-refractivity contribution < 1.29 is 32.1 Å². The minimum absolute atomic E-state index is 0.00733. The third kappa shape index (κ3) is 10.2. The molecule has 3 saturated heterocycles. The Morgan fingerprint density at radius 1 is 0.870 bits per heavy atom. The van der Waals surface area contributed by atoms with Crippen molar-refractivity contribution in [1.29, 1.82) is 0 Å². The predicted octanol–water partition coefficient (Wildman–Crippen LogP) is 5.98. The Morgan fingerprint density at radius 2 is 1.48 bits per heavy atom. The molecule has 1 N–H and O–H groups in total. The molecule has 4 aliphatic rings. The van der Waals surface area contributed by atoms with Gasteiger partial charge in [-0.15, -0.1) is 0 Å². The molecule has 1 aliphatic carbocycles. The first-order valence-corrected chi connectivity index (χ1v) is 21.3. The van der Waals surface area contributed by atoms with Gasteiger partial charge < -0.3 is 19.4 Å². The second-order valence-corrected chi connectivity index (χ2v) is 18.6. The zero-order valence-corrected chi connectivity index (χ0v) is 34.3. The topological polar surface area (TPSA) is 128 Å². The summed E-state index contributed by atoms with van der Waals surface area (Å²) in [6.45, 7) is 16.7. The van der Waals surface area contributed by atoms with Crippen LogP contribution >= 0.6 is 11.6 Å². The summed E-state index contributed by atoms with van der Waals surface area (Å²) < 4.78 is 34.8. The number of amides is 3. The summed E-state index contributed by atoms with van der Waals surface area (Å²) in [6, 6.07) is 14.7. The van der Waals surface area contributed by atoms with Crippen molar-refractivity contribution in [3.05, 3.63) is 65.2 Å². The van der Waals surface area contributed by atoms with Gasteiger partial charge in [0.1, 0.15) is 6.04 Å². The van der Waals surface area contributed by atoms with Gasteiger partial charge in [0.15, 0.2) is 0 Å². The first-order valence-electron chi connectivity index (χ1n) is 19.5. The highest BCUT2D eigenvalue weighted by atomic mass is 35.5. The number of morpholine rings is 1. The molecule has 0 aromatic heterocycles. The molecule has 0 radical (unpaired) electrons. The van der Waals surface area contributed by atoms with Crippen LogP contribution in [0.15, 0.2) is 59.5 Å². The average Bonchev–Trinajstić information content (AvgIpc) is 3.79. The Balaban J connectivity index is 0.000000486. The van der Waals surface area contributed by atoms with E-state index in [9.17, 15) is 22.8 Å². The molecule has 2 aromatic carbocycles. The number of halogens is 1. The molecule has 0 spiro atoms. The monoisotopic (exact) mass is 786 g/mol. The average molecular weight is 787 g/mol. The molecule has 2 aromatic rings. The summed E-state index contributed by atoms with van der Waals surface area (Å²) in [6.07, 6.45) is 4.66. The van der Waals surface area contributed by atoms with Crippen molar-refractivity contribution >= 4 is 39.4 Å². The van der Waals surface area contributed by atoms with Gasteiger partial charge in [-0.2, -0.15) is 8.42 Å². The Morgan fingerprint density at radius 3 is 2.02 bits per heavy atom. The smallest absolute Gasteiger partial charge is 0.294 e. The maximum absolute atomic E-state index is 14.8. The summed E-state index contributed by atoms with van der Waals surface area (Å²) in [4.78, 5) is 51.0. The van der Waals surface area contributed by atoms with Gasteiger partial charge in [-0.25, -0.2) is 0 Å². The highest BCUT2D eigenvalue weighted by Crippen LogP contribution is 2.40. The molecule has 3 heterocycles. The van der Waals surface area contributed by atoms with Crippen LogP contribution in [0.25, 0.3) is 0 Å². The van der Waals surface area contributed by atoms with Crippen LogP contribution in [0.2, 0.25) is 5.02 Å². The van der Waals surface area contributed by atoms with E-state index in [1.165, 1.54) is 12.1 Å². The summed E-state index contributed by atoms with van der Waals surface area (Å²) in [5.74, 6) is 0.381. The third-order valence-electron chi connectivity index (χ3n) is 11.6. The number of ether oxygens (including phenoxy) is 1. The standard InChI is InChI=1S/C35H53ClN4O4.C6H6O3S/c1-23(2)32(41)40(27-13-7-24(3)8-14-27)28-19-31(34(43)37-15-17-44-18-16-37)39(20-28)33(42)30-22-38(35(4,5)6)21-29(30)25-9-11-26(36)12-10-25;7-10(8,9)6-4-2-1-3-5-6/h9-12,23-24,27-31H,7-8,13-22H2,1-6H3;1-5H,(H,7,8,9)/t24?,27?,28-,29-,30+,31-;/m0./s1. The minimum Gasteiger partial charge on any atom is -0.378 e. The van der Waals surface area contributed by atoms with Gasteiger partial charge in [0.25, 0.3) is 10.1 Å². The lowest BCUT2D eigenvalue weighted by Crippen LogP contribution is -2.53. The molecule has 0 unspecified atom stereocenters. The van der Waals surface area contributed by atoms with E-state index in [0.29, 0.717) is 56.8 Å². The van der Waals surface area contributed by atoms with E-state index < -0.39 is 16.2 Å². The predicted molar refractivity (Wildman–Crippen MR) is 210 cm³/mol. The quantitative estimate of drug-likeness (QED) is 0.340. The van der Waals surface area contributed by atoms with E-state index in [-0.39, 0.29) is 58.0 Å². The molecule has 4 atom stereocenters. The number of benzene rings is 2. The van der Waals surface area contributed by atoms with Gasteiger partial charge >= 0.3 is 0 Å². The van der Waals surface area contributed by atoms with Crippen molar-refractivity contribution in [2.24, 2.45) is 17.8 Å². The van der Waals surface area contributed by atoms with Crippen molar-refractivity contribution in [3.63, 3.8) is 0 Å². The summed E-state index contributed by atoms with van der Waals surface area (Å²) >= 11 is 6.25. The number of hydrogen-bond donors (Lipinski definition) is 1. The van der Waals surface area contributed by atoms with Gasteiger partial charge in [0.05, 0.1) is 30.1 Å². The zero-order valence-electron chi connectivity index (χ0n) is 32.7. The van der Waals surface area contributed by atoms with Crippen molar-refractivity contribution in [3.8, 4) is 0 Å². The molecule has 11 nitrogen and oxygen atoms in total. The van der Waals surface area contributed by atoms with Crippen LogP contribution < -0.4 is 0 Å². The van der Waals surface area contributed by atoms with Crippen LogP contribution in [0.5, 0.6) is 0 Å². The van der Waals surface area contributed by atoms with Crippen molar-refractivity contribution in [1.82, 2.24) is 19.6 Å². The molecule has 6 rings (SSSR count). The fraction of sp³-hybridized carbons (Fsp3) is 0.634. The molecular formula is C41H59ClN4O7S. The van der Waals surface area contributed by atoms with Crippen LogP contribution in [-0.2, 0) is 29.2 Å². The fourth-order valence-electron chi connectivity index (χ4n) is 8.42. The molecule has 1 saturated carbocycles. The van der Waals surface area contributed by atoms with Gasteiger partial charge in [0.2, 0.25) is 17.7 Å². The second kappa shape index (κ2) is 17.8. The molecule has 298 valence electrons. The van der Waals surface area contributed by atoms with Gasteiger partial charge in [0, 0.05) is 61.2 Å². The van der Waals surface area contributed by atoms with Crippen LogP contribution in [-0.4, -0.2) is 120 Å². The Kier molecular flexibility index (Phi) is 13.9. The lowest BCUT2D eigenvalue weighted by atomic mass is 9.85. The maximum atomic E-state index is 14.8. The first kappa shape index (κ1) is 42.1. The zero-order chi connectivity index (χ0) is 39.4. The molecule has 4 fully saturated rings. The molecular weight excluding hydrogens is 728 g/mol. The van der Waals surface area contributed by atoms with E-state index in [2.05, 4.69) is 37.5 Å². The molecule has 54 heavy (non-hydrogen) atoms. The van der Waals surface area contributed by atoms with Crippen molar-refractivity contribution in [2.45, 2.75) is 108 Å². The highest BCUT2D eigenvalue weighted by molar-refractivity contribution is 7.85. The van der Waals surface area contributed by atoms with Crippen LogP contribution in [0.1, 0.15) is 85.1 Å². The first-order chi connectivity index (χ1) is 25.5. The van der Waals surface area contributed by atoms with Crippen molar-refractivity contribution in [2.75, 3.05) is 45.9 Å². The van der Waals surface area contributed by atoms with E-state index in [1.54, 1.807) is 18.2 Å². The number of carbonyl (C=O) groups excluding carboxylic acids is 3. The minimum atomic E-state index is -4.00. The molecule has 13 heteroatoms. The Labute approximate surface area is 327 Å². The number of rotatable bonds is 7. The lowest BCUT2D eigenvalue weighted by molar-refractivity contribution is -0.148. The Bertz CT molecular complexity index is 1690. The highest BCUT2D eigenvalue weighted by Gasteiger charge is 2.51. The fourth-order valence-corrected chi connectivity index (χ4v) is 9.05. The van der Waals surface area contributed by atoms with E-state index >= 15 is 0 Å². The van der Waals surface area contributed by atoms with E-state index in [1.807, 2.05) is 47.9 Å². The lowest BCUT2D eigenvalue weighted by Gasteiger charge is -2.41. The van der Waals surface area contributed by atoms with Crippen LogP contribution in [0, 0.1) is 17.8 Å². The summed E-state index contributed by atoms with van der Waals surface area (Å²) in [7, 11) is -4.00. The molecule has 3 amide bonds. The number of nitrogens with zero attached hydrogens (tertiary/aromatic N) is 4. The van der Waals surface area contributed by atoms with Crippen LogP contribution in [0.3, 0.4) is 0 Å². The SMILES string of the molecule is CC1CCC(N(C(=O)C(C)C)[C@H]2C[C@@H](C(=O)N3CCOCC3)N(C(=O)[C@@H]3CN(C(C)(C)C)C[C@H]3c3ccc(Cl)cc3)C2)CC1.O=S(=O)(O)c1ccccc1. The largest absolute Gasteiger partial charge is 0.378 e. The van der Waals surface area contributed by atoms with Crippen LogP contribution in [0.4, 0.5) is 0 Å². The molecule has 3 aliphatic heterocycles. The summed E-state index contributed by atoms with van der Waals surface area (Å²) in [5, 5.41) is 0.674. The maximum Gasteiger partial charge on any atom is 0.294 e. The van der Waals surface area contributed by atoms with Gasteiger partial charge in [-0.3, -0.25) is 23.8 Å². The third-order valence-corrected chi connectivity index (χ3v) is 12.7. The number of hydrogen-bond acceptors (Lipinski definition) is 7. The van der Waals surface area contributed by atoms with Gasteiger partial charge in [-0.05, 0) is 88.6 Å². The number of likely N-dealkylation sites (tertiary alicyclic amines) is 2. The van der Waals surface area contributed by atoms with E-state index in [4.69, 9.17) is 20.9 Å². The second-order valence-electron chi connectivity index (χ2n) is 16.8. The van der Waals surface area contributed by atoms with Gasteiger partial charge in [-0.1, -0.05) is 62.7 Å². The van der Waals surface area contributed by atoms with E-state index in [0.717, 1.165) is 37.8 Å².